The fourth-order valence-corrected chi connectivity index (χ4v) is 5.00. The van der Waals surface area contributed by atoms with Gasteiger partial charge in [0.25, 0.3) is 0 Å². The Kier molecular flexibility index (Phi) is 8.32. The molecule has 0 heterocycles. The van der Waals surface area contributed by atoms with Crippen LogP contribution in [-0.4, -0.2) is 34.7 Å². The fourth-order valence-electron chi connectivity index (χ4n) is 5.00. The summed E-state index contributed by atoms with van der Waals surface area (Å²) in [6, 6.07) is 32.1. The summed E-state index contributed by atoms with van der Waals surface area (Å²) < 4.78 is 0. The summed E-state index contributed by atoms with van der Waals surface area (Å²) in [6.45, 7) is 8.66. The summed E-state index contributed by atoms with van der Waals surface area (Å²) in [5.41, 5.74) is 5.50. The molecular weight excluding hydrogens is 456 g/mol. The normalized spacial score (nSPS) is 12.6. The van der Waals surface area contributed by atoms with E-state index in [0.717, 1.165) is 39.9 Å². The van der Waals surface area contributed by atoms with Crippen LogP contribution in [0, 0.1) is 5.41 Å². The highest BCUT2D eigenvalue weighted by atomic mass is 16.3. The predicted octanol–water partition coefficient (Wildman–Crippen LogP) is 7.07. The van der Waals surface area contributed by atoms with Crippen LogP contribution in [0.2, 0.25) is 0 Å². The molecule has 0 aliphatic rings. The summed E-state index contributed by atoms with van der Waals surface area (Å²) in [7, 11) is 2.11. The molecule has 4 heteroatoms. The molecular formula is C33H38N2O2. The molecule has 0 aliphatic heterocycles. The number of phenols is 2. The van der Waals surface area contributed by atoms with Crippen molar-refractivity contribution in [3.8, 4) is 33.8 Å². The van der Waals surface area contributed by atoms with Crippen LogP contribution in [0.5, 0.6) is 11.5 Å². The molecule has 0 aliphatic carbocycles. The van der Waals surface area contributed by atoms with E-state index in [1.165, 1.54) is 0 Å². The summed E-state index contributed by atoms with van der Waals surface area (Å²) in [4.78, 5) is 2.30. The second-order valence-electron chi connectivity index (χ2n) is 10.8. The molecule has 0 spiro atoms. The molecule has 3 N–H and O–H groups in total. The molecule has 192 valence electrons. The summed E-state index contributed by atoms with van der Waals surface area (Å²) >= 11 is 0. The van der Waals surface area contributed by atoms with Gasteiger partial charge in [-0.05, 0) is 23.6 Å². The van der Waals surface area contributed by atoms with E-state index in [2.05, 4.69) is 38.0 Å². The van der Waals surface area contributed by atoms with Crippen LogP contribution in [0.25, 0.3) is 22.3 Å². The maximum absolute atomic E-state index is 11.1. The van der Waals surface area contributed by atoms with Crippen molar-refractivity contribution in [2.24, 2.45) is 5.41 Å². The second kappa shape index (κ2) is 11.6. The van der Waals surface area contributed by atoms with Crippen molar-refractivity contribution >= 4 is 0 Å². The molecule has 4 rings (SSSR count). The molecule has 4 aromatic carbocycles. The Morgan fingerprint density at radius 1 is 0.676 bits per heavy atom. The Morgan fingerprint density at radius 3 is 1.68 bits per heavy atom. The number of aromatic hydroxyl groups is 2. The maximum atomic E-state index is 11.1. The average Bonchev–Trinajstić information content (AvgIpc) is 2.89. The van der Waals surface area contributed by atoms with Crippen molar-refractivity contribution in [1.82, 2.24) is 10.2 Å². The highest BCUT2D eigenvalue weighted by molar-refractivity contribution is 5.72. The molecule has 4 aromatic rings. The highest BCUT2D eigenvalue weighted by Crippen LogP contribution is 2.34. The topological polar surface area (TPSA) is 55.7 Å². The summed E-state index contributed by atoms with van der Waals surface area (Å²) in [6.07, 6.45) is 0. The summed E-state index contributed by atoms with van der Waals surface area (Å²) in [5, 5.41) is 25.6. The molecule has 0 saturated heterocycles. The molecule has 4 nitrogen and oxygen atoms in total. The Bertz CT molecular complexity index is 1300. The SMILES string of the molecule is CN(Cc1cccc(-c2ccccc2)c1O)[C@H](CNCc1cccc(-c2ccccc2)c1O)C(C)(C)C. The monoisotopic (exact) mass is 494 g/mol. The second-order valence-corrected chi connectivity index (χ2v) is 10.8. The highest BCUT2D eigenvalue weighted by Gasteiger charge is 2.29. The van der Waals surface area contributed by atoms with Crippen LogP contribution < -0.4 is 5.32 Å². The first kappa shape index (κ1) is 26.5. The van der Waals surface area contributed by atoms with Crippen LogP contribution in [0.15, 0.2) is 97.1 Å². The van der Waals surface area contributed by atoms with E-state index in [-0.39, 0.29) is 11.5 Å². The molecule has 0 fully saturated rings. The molecule has 0 amide bonds. The molecule has 37 heavy (non-hydrogen) atoms. The van der Waals surface area contributed by atoms with Crippen molar-refractivity contribution in [2.75, 3.05) is 13.6 Å². The number of rotatable bonds is 9. The lowest BCUT2D eigenvalue weighted by Gasteiger charge is -2.38. The quantitative estimate of drug-likeness (QED) is 0.233. The van der Waals surface area contributed by atoms with Gasteiger partial charge in [0.15, 0.2) is 0 Å². The molecule has 0 unspecified atom stereocenters. The Balaban J connectivity index is 1.46. The van der Waals surface area contributed by atoms with E-state index in [1.54, 1.807) is 0 Å². The Morgan fingerprint density at radius 2 is 1.16 bits per heavy atom. The number of benzene rings is 4. The zero-order valence-corrected chi connectivity index (χ0v) is 22.3. The zero-order valence-electron chi connectivity index (χ0n) is 22.3. The van der Waals surface area contributed by atoms with E-state index in [1.807, 2.05) is 97.1 Å². The largest absolute Gasteiger partial charge is 0.507 e. The van der Waals surface area contributed by atoms with E-state index in [9.17, 15) is 10.2 Å². The van der Waals surface area contributed by atoms with Gasteiger partial charge in [0.05, 0.1) is 0 Å². The third-order valence-corrected chi connectivity index (χ3v) is 7.01. The number of phenolic OH excluding ortho intramolecular Hbond substituents is 2. The minimum atomic E-state index is 0.00232. The van der Waals surface area contributed by atoms with Crippen molar-refractivity contribution in [2.45, 2.75) is 39.9 Å². The lowest BCUT2D eigenvalue weighted by molar-refractivity contribution is 0.116. The number of likely N-dealkylation sites (N-methyl/N-ethyl adjacent to an activating group) is 1. The van der Waals surface area contributed by atoms with Crippen molar-refractivity contribution in [1.29, 1.82) is 0 Å². The van der Waals surface area contributed by atoms with E-state index in [4.69, 9.17) is 0 Å². The third kappa shape index (κ3) is 6.40. The van der Waals surface area contributed by atoms with Gasteiger partial charge < -0.3 is 15.5 Å². The molecule has 0 radical (unpaired) electrons. The molecule has 0 aromatic heterocycles. The first-order chi connectivity index (χ1) is 17.8. The molecule has 0 bridgehead atoms. The lowest BCUT2D eigenvalue weighted by atomic mass is 9.85. The van der Waals surface area contributed by atoms with Gasteiger partial charge in [-0.2, -0.15) is 0 Å². The number of nitrogens with one attached hydrogen (secondary N) is 1. The van der Waals surface area contributed by atoms with Gasteiger partial charge in [0.2, 0.25) is 0 Å². The van der Waals surface area contributed by atoms with Crippen LogP contribution in [-0.2, 0) is 13.1 Å². The molecule has 0 saturated carbocycles. The number of para-hydroxylation sites is 2. The van der Waals surface area contributed by atoms with Crippen LogP contribution in [0.3, 0.4) is 0 Å². The van der Waals surface area contributed by atoms with Gasteiger partial charge in [-0.3, -0.25) is 4.90 Å². The number of hydrogen-bond donors (Lipinski definition) is 3. The van der Waals surface area contributed by atoms with Crippen LogP contribution in [0.4, 0.5) is 0 Å². The van der Waals surface area contributed by atoms with Crippen molar-refractivity contribution in [3.05, 3.63) is 108 Å². The maximum Gasteiger partial charge on any atom is 0.127 e. The Labute approximate surface area is 221 Å². The zero-order chi connectivity index (χ0) is 26.4. The number of nitrogens with zero attached hydrogens (tertiary/aromatic N) is 1. The lowest BCUT2D eigenvalue weighted by Crippen LogP contribution is -2.47. The smallest absolute Gasteiger partial charge is 0.127 e. The number of hydrogen-bond acceptors (Lipinski definition) is 4. The standard InChI is InChI=1S/C33H38N2O2/c1-33(2,3)30(22-34-21-26-17-11-19-28(31(26)36)24-13-7-5-8-14-24)35(4)23-27-18-12-20-29(32(27)37)25-15-9-6-10-16-25/h5-20,30,34,36-37H,21-23H2,1-4H3/t30-/m1/s1. The van der Waals surface area contributed by atoms with Gasteiger partial charge in [0, 0.05) is 47.9 Å². The van der Waals surface area contributed by atoms with Gasteiger partial charge in [-0.1, -0.05) is 118 Å². The first-order valence-corrected chi connectivity index (χ1v) is 12.9. The van der Waals surface area contributed by atoms with Gasteiger partial charge >= 0.3 is 0 Å². The predicted molar refractivity (Wildman–Crippen MR) is 154 cm³/mol. The van der Waals surface area contributed by atoms with Crippen molar-refractivity contribution in [3.63, 3.8) is 0 Å². The van der Waals surface area contributed by atoms with E-state index >= 15 is 0 Å². The first-order valence-electron chi connectivity index (χ1n) is 12.9. The van der Waals surface area contributed by atoms with Gasteiger partial charge in [0.1, 0.15) is 11.5 Å². The van der Waals surface area contributed by atoms with E-state index in [0.29, 0.717) is 24.6 Å². The molecule has 1 atom stereocenters. The van der Waals surface area contributed by atoms with Gasteiger partial charge in [-0.25, -0.2) is 0 Å². The van der Waals surface area contributed by atoms with Crippen LogP contribution in [0.1, 0.15) is 31.9 Å². The minimum Gasteiger partial charge on any atom is -0.507 e. The van der Waals surface area contributed by atoms with Crippen LogP contribution >= 0.6 is 0 Å². The average molecular weight is 495 g/mol. The third-order valence-electron chi connectivity index (χ3n) is 7.01. The Hall–Kier alpha value is -3.60. The fraction of sp³-hybridized carbons (Fsp3) is 0.273. The van der Waals surface area contributed by atoms with E-state index < -0.39 is 0 Å². The van der Waals surface area contributed by atoms with Crippen molar-refractivity contribution < 1.29 is 10.2 Å². The van der Waals surface area contributed by atoms with Gasteiger partial charge in [-0.15, -0.1) is 0 Å². The minimum absolute atomic E-state index is 0.00232. The summed E-state index contributed by atoms with van der Waals surface area (Å²) in [5.74, 6) is 0.660.